The summed E-state index contributed by atoms with van der Waals surface area (Å²) in [5.74, 6) is -1.09. The highest BCUT2D eigenvalue weighted by Crippen LogP contribution is 2.20. The molecule has 0 amide bonds. The lowest BCUT2D eigenvalue weighted by Crippen LogP contribution is -2.06. The van der Waals surface area contributed by atoms with Crippen LogP contribution in [0, 0.1) is 18.3 Å². The Morgan fingerprint density at radius 2 is 2.16 bits per heavy atom. The lowest BCUT2D eigenvalue weighted by atomic mass is 10.2. The first-order valence-corrected chi connectivity index (χ1v) is 5.58. The van der Waals surface area contributed by atoms with E-state index in [0.29, 0.717) is 22.6 Å². The molecule has 94 valence electrons. The molecule has 0 unspecified atom stereocenters. The molecule has 1 heterocycles. The van der Waals surface area contributed by atoms with Gasteiger partial charge in [-0.25, -0.2) is 9.78 Å². The quantitative estimate of drug-likeness (QED) is 0.878. The first-order chi connectivity index (χ1) is 9.10. The van der Waals surface area contributed by atoms with Crippen LogP contribution in [0.1, 0.15) is 21.7 Å². The lowest BCUT2D eigenvalue weighted by Gasteiger charge is -2.09. The van der Waals surface area contributed by atoms with Crippen molar-refractivity contribution in [2.24, 2.45) is 0 Å². The fraction of sp³-hybridized carbons (Fsp3) is 0.0714. The number of anilines is 2. The number of rotatable bonds is 3. The Morgan fingerprint density at radius 1 is 1.37 bits per heavy atom. The van der Waals surface area contributed by atoms with Crippen LogP contribution in [0.15, 0.2) is 36.4 Å². The molecular formula is C14H11N3O2. The molecule has 2 rings (SSSR count). The monoisotopic (exact) mass is 253 g/mol. The average molecular weight is 253 g/mol. The van der Waals surface area contributed by atoms with E-state index in [1.165, 1.54) is 0 Å². The van der Waals surface area contributed by atoms with Crippen molar-refractivity contribution >= 4 is 17.3 Å². The van der Waals surface area contributed by atoms with Crippen molar-refractivity contribution in [2.75, 3.05) is 5.32 Å². The number of aromatic nitrogens is 1. The molecule has 1 aromatic heterocycles. The summed E-state index contributed by atoms with van der Waals surface area (Å²) in [5.41, 5.74) is 2.14. The van der Waals surface area contributed by atoms with Crippen LogP contribution in [0.5, 0.6) is 0 Å². The van der Waals surface area contributed by atoms with Crippen molar-refractivity contribution < 1.29 is 9.90 Å². The molecule has 5 nitrogen and oxygen atoms in total. The second-order valence-electron chi connectivity index (χ2n) is 3.97. The van der Waals surface area contributed by atoms with Crippen LogP contribution in [0.3, 0.4) is 0 Å². The van der Waals surface area contributed by atoms with E-state index < -0.39 is 5.97 Å². The molecule has 0 aliphatic heterocycles. The smallest absolute Gasteiger partial charge is 0.356 e. The third-order valence-corrected chi connectivity index (χ3v) is 2.51. The summed E-state index contributed by atoms with van der Waals surface area (Å²) in [6.07, 6.45) is 0. The number of aromatic carboxylic acids is 1. The number of carboxylic acids is 1. The summed E-state index contributed by atoms with van der Waals surface area (Å²) in [6, 6.07) is 12.2. The molecule has 19 heavy (non-hydrogen) atoms. The highest BCUT2D eigenvalue weighted by molar-refractivity contribution is 5.93. The molecule has 2 aromatic rings. The van der Waals surface area contributed by atoms with E-state index in [0.717, 1.165) is 0 Å². The van der Waals surface area contributed by atoms with Gasteiger partial charge in [-0.2, -0.15) is 5.26 Å². The zero-order valence-corrected chi connectivity index (χ0v) is 10.2. The molecule has 0 aliphatic carbocycles. The number of pyridine rings is 1. The van der Waals surface area contributed by atoms with E-state index in [1.807, 2.05) is 6.07 Å². The number of hydrogen-bond acceptors (Lipinski definition) is 4. The summed E-state index contributed by atoms with van der Waals surface area (Å²) in [6.45, 7) is 1.73. The Bertz CT molecular complexity index is 675. The maximum atomic E-state index is 11.1. The number of carbonyl (C=O) groups is 1. The molecule has 0 bridgehead atoms. The van der Waals surface area contributed by atoms with Gasteiger partial charge in [0.1, 0.15) is 0 Å². The number of aryl methyl sites for hydroxylation is 1. The highest BCUT2D eigenvalue weighted by Gasteiger charge is 2.12. The number of benzene rings is 1. The van der Waals surface area contributed by atoms with Crippen molar-refractivity contribution in [3.05, 3.63) is 53.3 Å². The average Bonchev–Trinajstić information content (AvgIpc) is 2.41. The van der Waals surface area contributed by atoms with E-state index in [1.54, 1.807) is 43.3 Å². The van der Waals surface area contributed by atoms with Gasteiger partial charge in [0.25, 0.3) is 0 Å². The lowest BCUT2D eigenvalue weighted by molar-refractivity contribution is 0.0691. The van der Waals surface area contributed by atoms with Crippen LogP contribution in [0.4, 0.5) is 11.4 Å². The fourth-order valence-corrected chi connectivity index (χ4v) is 1.64. The Labute approximate surface area is 110 Å². The van der Waals surface area contributed by atoms with Crippen molar-refractivity contribution in [3.8, 4) is 6.07 Å². The summed E-state index contributed by atoms with van der Waals surface area (Å²) in [5, 5.41) is 20.9. The van der Waals surface area contributed by atoms with Crippen LogP contribution in [-0.2, 0) is 0 Å². The minimum absolute atomic E-state index is 0.0395. The standard InChI is InChI=1S/C14H11N3O2/c1-9-5-6-12(13(16-9)14(18)19)17-11-4-2-3-10(7-11)8-15/h2-7,17H,1H3,(H,18,19). The fourth-order valence-electron chi connectivity index (χ4n) is 1.64. The Morgan fingerprint density at radius 3 is 2.84 bits per heavy atom. The van der Waals surface area contributed by atoms with Gasteiger partial charge >= 0.3 is 5.97 Å². The molecule has 0 atom stereocenters. The van der Waals surface area contributed by atoms with Crippen LogP contribution in [0.2, 0.25) is 0 Å². The first-order valence-electron chi connectivity index (χ1n) is 5.58. The van der Waals surface area contributed by atoms with Crippen LogP contribution in [0.25, 0.3) is 0 Å². The number of nitriles is 1. The van der Waals surface area contributed by atoms with Crippen molar-refractivity contribution in [2.45, 2.75) is 6.92 Å². The maximum absolute atomic E-state index is 11.1. The minimum Gasteiger partial charge on any atom is -0.476 e. The number of nitrogens with zero attached hydrogens (tertiary/aromatic N) is 2. The number of nitrogens with one attached hydrogen (secondary N) is 1. The molecule has 1 aromatic carbocycles. The summed E-state index contributed by atoms with van der Waals surface area (Å²) >= 11 is 0. The molecule has 0 saturated carbocycles. The SMILES string of the molecule is Cc1ccc(Nc2cccc(C#N)c2)c(C(=O)O)n1. The Hall–Kier alpha value is -2.87. The summed E-state index contributed by atoms with van der Waals surface area (Å²) in [4.78, 5) is 15.1. The van der Waals surface area contributed by atoms with E-state index in [-0.39, 0.29) is 5.69 Å². The van der Waals surface area contributed by atoms with Crippen LogP contribution in [-0.4, -0.2) is 16.1 Å². The Kier molecular flexibility index (Phi) is 3.44. The molecule has 0 aliphatic rings. The van der Waals surface area contributed by atoms with E-state index >= 15 is 0 Å². The predicted molar refractivity (Wildman–Crippen MR) is 70.4 cm³/mol. The zero-order chi connectivity index (χ0) is 13.8. The molecule has 5 heteroatoms. The third kappa shape index (κ3) is 2.87. The van der Waals surface area contributed by atoms with Gasteiger partial charge in [-0.05, 0) is 37.3 Å². The minimum atomic E-state index is -1.09. The second-order valence-corrected chi connectivity index (χ2v) is 3.97. The summed E-state index contributed by atoms with van der Waals surface area (Å²) < 4.78 is 0. The zero-order valence-electron chi connectivity index (χ0n) is 10.2. The number of hydrogen-bond donors (Lipinski definition) is 2. The molecular weight excluding hydrogens is 242 g/mol. The van der Waals surface area contributed by atoms with E-state index in [4.69, 9.17) is 10.4 Å². The largest absolute Gasteiger partial charge is 0.476 e. The normalized spacial score (nSPS) is 9.68. The molecule has 0 fully saturated rings. The Balaban J connectivity index is 2.38. The van der Waals surface area contributed by atoms with Gasteiger partial charge in [0.15, 0.2) is 5.69 Å². The van der Waals surface area contributed by atoms with Gasteiger partial charge < -0.3 is 10.4 Å². The number of carboxylic acid groups (broad SMARTS) is 1. The van der Waals surface area contributed by atoms with Crippen molar-refractivity contribution in [1.29, 1.82) is 5.26 Å². The van der Waals surface area contributed by atoms with Gasteiger partial charge in [0.05, 0.1) is 17.3 Å². The van der Waals surface area contributed by atoms with E-state index in [2.05, 4.69) is 10.3 Å². The van der Waals surface area contributed by atoms with Gasteiger partial charge in [0.2, 0.25) is 0 Å². The van der Waals surface area contributed by atoms with Gasteiger partial charge in [-0.1, -0.05) is 6.07 Å². The van der Waals surface area contributed by atoms with Crippen LogP contribution < -0.4 is 5.32 Å². The topological polar surface area (TPSA) is 86.0 Å². The van der Waals surface area contributed by atoms with E-state index in [9.17, 15) is 4.79 Å². The van der Waals surface area contributed by atoms with Gasteiger partial charge in [-0.15, -0.1) is 0 Å². The highest BCUT2D eigenvalue weighted by atomic mass is 16.4. The third-order valence-electron chi connectivity index (χ3n) is 2.51. The molecule has 0 radical (unpaired) electrons. The first kappa shape index (κ1) is 12.6. The second kappa shape index (κ2) is 5.19. The maximum Gasteiger partial charge on any atom is 0.356 e. The molecule has 2 N–H and O–H groups in total. The predicted octanol–water partition coefficient (Wildman–Crippen LogP) is 2.70. The van der Waals surface area contributed by atoms with Gasteiger partial charge in [-0.3, -0.25) is 0 Å². The van der Waals surface area contributed by atoms with Crippen molar-refractivity contribution in [3.63, 3.8) is 0 Å². The molecule has 0 saturated heterocycles. The molecule has 0 spiro atoms. The summed E-state index contributed by atoms with van der Waals surface area (Å²) in [7, 11) is 0. The van der Waals surface area contributed by atoms with Gasteiger partial charge in [0, 0.05) is 11.4 Å². The van der Waals surface area contributed by atoms with Crippen LogP contribution >= 0.6 is 0 Å². The van der Waals surface area contributed by atoms with Crippen molar-refractivity contribution in [1.82, 2.24) is 4.98 Å².